The van der Waals surface area contributed by atoms with Crippen molar-refractivity contribution in [2.45, 2.75) is 6.54 Å². The van der Waals surface area contributed by atoms with E-state index in [4.69, 9.17) is 16.3 Å². The lowest BCUT2D eigenvalue weighted by atomic mass is 10.1. The van der Waals surface area contributed by atoms with Crippen molar-refractivity contribution in [3.8, 4) is 5.75 Å². The zero-order valence-electron chi connectivity index (χ0n) is 16.4. The molecule has 1 saturated heterocycles. The average molecular weight is 438 g/mol. The first-order chi connectivity index (χ1) is 13.8. The summed E-state index contributed by atoms with van der Waals surface area (Å²) in [7, 11) is -1.59. The van der Waals surface area contributed by atoms with Crippen LogP contribution in [-0.2, 0) is 16.6 Å². The van der Waals surface area contributed by atoms with Crippen LogP contribution in [0.25, 0.3) is 0 Å². The fourth-order valence-corrected chi connectivity index (χ4v) is 4.21. The lowest BCUT2D eigenvalue weighted by Gasteiger charge is -2.33. The molecule has 3 rings (SSSR count). The molecule has 1 heterocycles. The molecule has 29 heavy (non-hydrogen) atoms. The Morgan fingerprint density at radius 3 is 2.34 bits per heavy atom. The van der Waals surface area contributed by atoms with Crippen LogP contribution in [-0.4, -0.2) is 63.1 Å². The highest BCUT2D eigenvalue weighted by Gasteiger charge is 2.23. The number of methoxy groups -OCH3 is 1. The van der Waals surface area contributed by atoms with Gasteiger partial charge in [-0.15, -0.1) is 0 Å². The lowest BCUT2D eigenvalue weighted by Crippen LogP contribution is -2.47. The Hall–Kier alpha value is -2.13. The van der Waals surface area contributed by atoms with E-state index in [1.54, 1.807) is 30.3 Å². The van der Waals surface area contributed by atoms with E-state index in [1.165, 1.54) is 17.7 Å². The van der Waals surface area contributed by atoms with E-state index in [2.05, 4.69) is 10.2 Å². The Balaban J connectivity index is 1.59. The van der Waals surface area contributed by atoms with Gasteiger partial charge in [0, 0.05) is 43.3 Å². The molecular weight excluding hydrogens is 414 g/mol. The number of rotatable bonds is 6. The summed E-state index contributed by atoms with van der Waals surface area (Å²) >= 11 is 6.00. The number of anilines is 1. The summed E-state index contributed by atoms with van der Waals surface area (Å²) in [6.07, 6.45) is 1.24. The SMILES string of the molecule is COc1ccc(Cl)cc1NC(=O)c1ccc(CN2CCN(S(C)(=O)=O)CC2)cc1. The number of amides is 1. The van der Waals surface area contributed by atoms with E-state index in [-0.39, 0.29) is 5.91 Å². The minimum atomic E-state index is -3.13. The molecule has 1 amide bonds. The predicted molar refractivity (Wildman–Crippen MR) is 114 cm³/mol. The van der Waals surface area contributed by atoms with Gasteiger partial charge in [-0.3, -0.25) is 9.69 Å². The summed E-state index contributed by atoms with van der Waals surface area (Å²) in [5.41, 5.74) is 2.10. The predicted octanol–water partition coefficient (Wildman–Crippen LogP) is 2.68. The molecule has 0 atom stereocenters. The molecule has 0 aromatic heterocycles. The first-order valence-corrected chi connectivity index (χ1v) is 11.4. The minimum Gasteiger partial charge on any atom is -0.495 e. The number of ether oxygens (including phenoxy) is 1. The molecule has 0 unspecified atom stereocenters. The second-order valence-electron chi connectivity index (χ2n) is 6.93. The molecule has 1 fully saturated rings. The van der Waals surface area contributed by atoms with Crippen LogP contribution in [0.5, 0.6) is 5.75 Å². The number of sulfonamides is 1. The summed E-state index contributed by atoms with van der Waals surface area (Å²) < 4.78 is 29.9. The Kier molecular flexibility index (Phi) is 6.79. The molecule has 0 saturated carbocycles. The van der Waals surface area contributed by atoms with E-state index >= 15 is 0 Å². The first kappa shape index (κ1) is 21.6. The third kappa shape index (κ3) is 5.70. The molecule has 1 N–H and O–H groups in total. The van der Waals surface area contributed by atoms with Crippen molar-refractivity contribution in [3.05, 3.63) is 58.6 Å². The molecule has 0 spiro atoms. The topological polar surface area (TPSA) is 79.0 Å². The maximum atomic E-state index is 12.5. The van der Waals surface area contributed by atoms with Crippen LogP contribution in [0.3, 0.4) is 0 Å². The van der Waals surface area contributed by atoms with Crippen molar-refractivity contribution in [1.82, 2.24) is 9.21 Å². The van der Waals surface area contributed by atoms with Gasteiger partial charge < -0.3 is 10.1 Å². The third-order valence-corrected chi connectivity index (χ3v) is 6.37. The van der Waals surface area contributed by atoms with Gasteiger partial charge in [0.2, 0.25) is 10.0 Å². The second kappa shape index (κ2) is 9.13. The number of hydrogen-bond acceptors (Lipinski definition) is 5. The van der Waals surface area contributed by atoms with Gasteiger partial charge in [-0.25, -0.2) is 8.42 Å². The summed E-state index contributed by atoms with van der Waals surface area (Å²) in [5.74, 6) is 0.284. The number of nitrogens with zero attached hydrogens (tertiary/aromatic N) is 2. The second-order valence-corrected chi connectivity index (χ2v) is 9.35. The largest absolute Gasteiger partial charge is 0.495 e. The molecule has 156 valence electrons. The van der Waals surface area contributed by atoms with Gasteiger partial charge in [-0.05, 0) is 35.9 Å². The van der Waals surface area contributed by atoms with E-state index in [0.717, 1.165) is 5.56 Å². The molecule has 0 bridgehead atoms. The number of benzene rings is 2. The fraction of sp³-hybridized carbons (Fsp3) is 0.350. The normalized spacial score (nSPS) is 15.8. The molecule has 9 heteroatoms. The van der Waals surface area contributed by atoms with Gasteiger partial charge in [-0.1, -0.05) is 23.7 Å². The monoisotopic (exact) mass is 437 g/mol. The lowest BCUT2D eigenvalue weighted by molar-refractivity contribution is 0.102. The van der Waals surface area contributed by atoms with Crippen LogP contribution in [0.4, 0.5) is 5.69 Å². The number of nitrogens with one attached hydrogen (secondary N) is 1. The Bertz CT molecular complexity index is 972. The number of piperazine rings is 1. The highest BCUT2D eigenvalue weighted by atomic mass is 35.5. The molecule has 2 aromatic carbocycles. The molecular formula is C20H24ClN3O4S. The molecule has 0 radical (unpaired) electrons. The van der Waals surface area contributed by atoms with Gasteiger partial charge >= 0.3 is 0 Å². The van der Waals surface area contributed by atoms with Gasteiger partial charge in [0.25, 0.3) is 5.91 Å². The number of halogens is 1. The zero-order valence-corrected chi connectivity index (χ0v) is 18.0. The Labute approximate surface area is 176 Å². The van der Waals surface area contributed by atoms with E-state index in [9.17, 15) is 13.2 Å². The van der Waals surface area contributed by atoms with E-state index < -0.39 is 10.0 Å². The molecule has 1 aliphatic heterocycles. The van der Waals surface area contributed by atoms with Crippen LogP contribution in [0.15, 0.2) is 42.5 Å². The van der Waals surface area contributed by atoms with Gasteiger partial charge in [0.1, 0.15) is 5.75 Å². The third-order valence-electron chi connectivity index (χ3n) is 4.83. The van der Waals surface area contributed by atoms with E-state index in [1.807, 2.05) is 12.1 Å². The van der Waals surface area contributed by atoms with Crippen molar-refractivity contribution in [3.63, 3.8) is 0 Å². The van der Waals surface area contributed by atoms with Gasteiger partial charge in [0.15, 0.2) is 0 Å². The number of hydrogen-bond donors (Lipinski definition) is 1. The van der Waals surface area contributed by atoms with Crippen LogP contribution in [0.1, 0.15) is 15.9 Å². The smallest absolute Gasteiger partial charge is 0.255 e. The molecule has 2 aromatic rings. The highest BCUT2D eigenvalue weighted by Crippen LogP contribution is 2.28. The first-order valence-electron chi connectivity index (χ1n) is 9.17. The molecule has 1 aliphatic rings. The Morgan fingerprint density at radius 2 is 1.76 bits per heavy atom. The fourth-order valence-electron chi connectivity index (χ4n) is 3.21. The maximum Gasteiger partial charge on any atom is 0.255 e. The summed E-state index contributed by atoms with van der Waals surface area (Å²) in [5, 5.41) is 3.32. The van der Waals surface area contributed by atoms with Crippen molar-refractivity contribution in [2.75, 3.05) is 44.9 Å². The molecule has 0 aliphatic carbocycles. The summed E-state index contributed by atoms with van der Waals surface area (Å²) in [6.45, 7) is 3.08. The van der Waals surface area contributed by atoms with E-state index in [0.29, 0.717) is 54.7 Å². The minimum absolute atomic E-state index is 0.251. The van der Waals surface area contributed by atoms with Crippen LogP contribution >= 0.6 is 11.6 Å². The summed E-state index contributed by atoms with van der Waals surface area (Å²) in [6, 6.07) is 12.4. The number of carbonyl (C=O) groups excluding carboxylic acids is 1. The van der Waals surface area contributed by atoms with Gasteiger partial charge in [0.05, 0.1) is 19.1 Å². The van der Waals surface area contributed by atoms with Crippen molar-refractivity contribution < 1.29 is 17.9 Å². The van der Waals surface area contributed by atoms with Crippen LogP contribution < -0.4 is 10.1 Å². The van der Waals surface area contributed by atoms with Crippen molar-refractivity contribution in [1.29, 1.82) is 0 Å². The van der Waals surface area contributed by atoms with Crippen LogP contribution in [0.2, 0.25) is 5.02 Å². The standard InChI is InChI=1S/C20H24ClN3O4S/c1-28-19-8-7-17(21)13-18(19)22-20(25)16-5-3-15(4-6-16)14-23-9-11-24(12-10-23)29(2,26)27/h3-8,13H,9-12,14H2,1-2H3,(H,22,25). The van der Waals surface area contributed by atoms with Gasteiger partial charge in [-0.2, -0.15) is 4.31 Å². The highest BCUT2D eigenvalue weighted by molar-refractivity contribution is 7.88. The zero-order chi connectivity index (χ0) is 21.0. The van der Waals surface area contributed by atoms with Crippen LogP contribution in [0, 0.1) is 0 Å². The van der Waals surface area contributed by atoms with Crippen molar-refractivity contribution >= 4 is 33.2 Å². The van der Waals surface area contributed by atoms with Crippen molar-refractivity contribution in [2.24, 2.45) is 0 Å². The Morgan fingerprint density at radius 1 is 1.10 bits per heavy atom. The quantitative estimate of drug-likeness (QED) is 0.751. The maximum absolute atomic E-state index is 12.5. The number of carbonyl (C=O) groups is 1. The molecule has 7 nitrogen and oxygen atoms in total. The average Bonchev–Trinajstić information content (AvgIpc) is 2.68. The summed E-state index contributed by atoms with van der Waals surface area (Å²) in [4.78, 5) is 14.7.